The molecule has 0 saturated heterocycles. The number of nitrogens with one attached hydrogen (secondary N) is 1. The fourth-order valence-corrected chi connectivity index (χ4v) is 3.86. The lowest BCUT2D eigenvalue weighted by molar-refractivity contribution is 0.152. The third kappa shape index (κ3) is 3.43. The second kappa shape index (κ2) is 7.42. The standard InChI is InChI=1S/C21H23F2N5O/c1-4-12(2)15-5-7-24-19-16(15)6-8-28(19)21(29)26-14-9-17(18(22)23)20-25-13(3)10-27(20)11-14/h5,7,9-12,18H,4,6,8H2,1-3H3,(H,26,29). The molecule has 152 valence electrons. The van der Waals surface area contributed by atoms with Crippen molar-refractivity contribution < 1.29 is 13.6 Å². The van der Waals surface area contributed by atoms with Crippen LogP contribution >= 0.6 is 0 Å². The third-order valence-electron chi connectivity index (χ3n) is 5.49. The summed E-state index contributed by atoms with van der Waals surface area (Å²) >= 11 is 0. The van der Waals surface area contributed by atoms with Crippen LogP contribution < -0.4 is 10.2 Å². The number of pyridine rings is 2. The number of nitrogens with zero attached hydrogens (tertiary/aromatic N) is 4. The Morgan fingerprint density at radius 2 is 2.10 bits per heavy atom. The van der Waals surface area contributed by atoms with Gasteiger partial charge in [-0.05, 0) is 43.4 Å². The SMILES string of the molecule is CCC(C)c1ccnc2c1CCN2C(=O)Nc1cc(C(F)F)c2nc(C)cn2c1. The van der Waals surface area contributed by atoms with Crippen molar-refractivity contribution in [2.75, 3.05) is 16.8 Å². The van der Waals surface area contributed by atoms with E-state index in [1.807, 2.05) is 6.07 Å². The van der Waals surface area contributed by atoms with Crippen molar-refractivity contribution in [3.05, 3.63) is 53.1 Å². The third-order valence-corrected chi connectivity index (χ3v) is 5.49. The van der Waals surface area contributed by atoms with Gasteiger partial charge in [0.25, 0.3) is 6.43 Å². The van der Waals surface area contributed by atoms with Crippen molar-refractivity contribution in [1.29, 1.82) is 0 Å². The highest BCUT2D eigenvalue weighted by Crippen LogP contribution is 2.34. The monoisotopic (exact) mass is 399 g/mol. The molecule has 4 heterocycles. The number of halogens is 2. The Hall–Kier alpha value is -3.03. The number of aryl methyl sites for hydroxylation is 1. The molecule has 0 spiro atoms. The number of rotatable bonds is 4. The van der Waals surface area contributed by atoms with Gasteiger partial charge in [0, 0.05) is 30.7 Å². The van der Waals surface area contributed by atoms with Crippen LogP contribution in [0.25, 0.3) is 5.65 Å². The molecule has 6 nitrogen and oxygen atoms in total. The molecule has 3 aromatic heterocycles. The maximum Gasteiger partial charge on any atom is 0.327 e. The predicted molar refractivity (Wildman–Crippen MR) is 108 cm³/mol. The molecule has 29 heavy (non-hydrogen) atoms. The van der Waals surface area contributed by atoms with Crippen molar-refractivity contribution in [3.8, 4) is 0 Å². The van der Waals surface area contributed by atoms with Gasteiger partial charge in [0.05, 0.1) is 16.9 Å². The van der Waals surface area contributed by atoms with Crippen molar-refractivity contribution >= 4 is 23.2 Å². The highest BCUT2D eigenvalue weighted by atomic mass is 19.3. The molecule has 1 aliphatic heterocycles. The van der Waals surface area contributed by atoms with E-state index in [-0.39, 0.29) is 17.2 Å². The Balaban J connectivity index is 1.64. The minimum Gasteiger partial charge on any atom is -0.306 e. The summed E-state index contributed by atoms with van der Waals surface area (Å²) in [5.41, 5.74) is 3.21. The average molecular weight is 399 g/mol. The van der Waals surface area contributed by atoms with Gasteiger partial charge in [0.1, 0.15) is 11.5 Å². The molecule has 0 bridgehead atoms. The van der Waals surface area contributed by atoms with Gasteiger partial charge in [0.15, 0.2) is 0 Å². The molecule has 0 fully saturated rings. The molecular weight excluding hydrogens is 376 g/mol. The van der Waals surface area contributed by atoms with E-state index < -0.39 is 6.43 Å². The van der Waals surface area contributed by atoms with Crippen LogP contribution in [0.1, 0.15) is 55.0 Å². The number of hydrogen-bond acceptors (Lipinski definition) is 3. The number of carbonyl (C=O) groups excluding carboxylic acids is 1. The minimum absolute atomic E-state index is 0.196. The topological polar surface area (TPSA) is 62.5 Å². The molecule has 0 saturated carbocycles. The van der Waals surface area contributed by atoms with Crippen molar-refractivity contribution in [3.63, 3.8) is 0 Å². The van der Waals surface area contributed by atoms with Crippen LogP contribution in [0.5, 0.6) is 0 Å². The number of carbonyl (C=O) groups is 1. The zero-order valence-electron chi connectivity index (χ0n) is 16.6. The number of fused-ring (bicyclic) bond motifs is 2. The fourth-order valence-electron chi connectivity index (χ4n) is 3.86. The van der Waals surface area contributed by atoms with Gasteiger partial charge in [-0.3, -0.25) is 4.90 Å². The number of anilines is 2. The predicted octanol–water partition coefficient (Wildman–Crippen LogP) is 5.08. The molecule has 0 radical (unpaired) electrons. The Kier molecular flexibility index (Phi) is 4.94. The normalized spacial score (nSPS) is 14.5. The number of amides is 2. The fraction of sp³-hybridized carbons (Fsp3) is 0.381. The first-order valence-electron chi connectivity index (χ1n) is 9.72. The number of hydrogen-bond donors (Lipinski definition) is 1. The Labute approximate surface area is 167 Å². The Bertz CT molecular complexity index is 1080. The largest absolute Gasteiger partial charge is 0.327 e. The van der Waals surface area contributed by atoms with Crippen LogP contribution in [0, 0.1) is 6.92 Å². The lowest BCUT2D eigenvalue weighted by Crippen LogP contribution is -2.34. The van der Waals surface area contributed by atoms with Crippen LogP contribution in [0.3, 0.4) is 0 Å². The lowest BCUT2D eigenvalue weighted by atomic mass is 9.94. The first kappa shape index (κ1) is 19.3. The molecule has 1 unspecified atom stereocenters. The van der Waals surface area contributed by atoms with Crippen LogP contribution in [0.15, 0.2) is 30.7 Å². The van der Waals surface area contributed by atoms with Crippen molar-refractivity contribution in [2.24, 2.45) is 0 Å². The Morgan fingerprint density at radius 1 is 1.31 bits per heavy atom. The second-order valence-electron chi connectivity index (χ2n) is 7.44. The highest BCUT2D eigenvalue weighted by molar-refractivity contribution is 6.02. The van der Waals surface area contributed by atoms with Gasteiger partial charge in [-0.1, -0.05) is 13.8 Å². The number of alkyl halides is 2. The van der Waals surface area contributed by atoms with Gasteiger partial charge in [0.2, 0.25) is 0 Å². The molecule has 4 rings (SSSR count). The number of aromatic nitrogens is 3. The summed E-state index contributed by atoms with van der Waals surface area (Å²) in [5.74, 6) is 1.03. The summed E-state index contributed by atoms with van der Waals surface area (Å²) in [7, 11) is 0. The van der Waals surface area contributed by atoms with Gasteiger partial charge in [-0.25, -0.2) is 23.5 Å². The first-order valence-corrected chi connectivity index (χ1v) is 9.72. The summed E-state index contributed by atoms with van der Waals surface area (Å²) < 4.78 is 28.5. The highest BCUT2D eigenvalue weighted by Gasteiger charge is 2.29. The minimum atomic E-state index is -2.69. The number of imidazole rings is 1. The molecule has 0 aliphatic carbocycles. The van der Waals surface area contributed by atoms with E-state index in [1.54, 1.807) is 30.4 Å². The van der Waals surface area contributed by atoms with E-state index in [9.17, 15) is 13.6 Å². The molecular formula is C21H23F2N5O. The maximum absolute atomic E-state index is 13.5. The van der Waals surface area contributed by atoms with E-state index >= 15 is 0 Å². The second-order valence-corrected chi connectivity index (χ2v) is 7.44. The molecule has 1 N–H and O–H groups in total. The van der Waals surface area contributed by atoms with E-state index in [4.69, 9.17) is 0 Å². The molecule has 1 atom stereocenters. The zero-order valence-corrected chi connectivity index (χ0v) is 16.6. The average Bonchev–Trinajstić information content (AvgIpc) is 3.28. The van der Waals surface area contributed by atoms with Crippen LogP contribution in [-0.4, -0.2) is 26.9 Å². The van der Waals surface area contributed by atoms with Crippen LogP contribution in [0.4, 0.5) is 25.1 Å². The quantitative estimate of drug-likeness (QED) is 0.665. The molecule has 3 aromatic rings. The smallest absolute Gasteiger partial charge is 0.306 e. The van der Waals surface area contributed by atoms with E-state index in [2.05, 4.69) is 29.1 Å². The van der Waals surface area contributed by atoms with Gasteiger partial charge in [-0.15, -0.1) is 0 Å². The zero-order chi connectivity index (χ0) is 20.7. The molecule has 1 aliphatic rings. The summed E-state index contributed by atoms with van der Waals surface area (Å²) in [6.45, 7) is 6.54. The van der Waals surface area contributed by atoms with E-state index in [0.29, 0.717) is 29.7 Å². The summed E-state index contributed by atoms with van der Waals surface area (Å²) in [5, 5.41) is 2.75. The van der Waals surface area contributed by atoms with E-state index in [1.165, 1.54) is 16.0 Å². The maximum atomic E-state index is 13.5. The first-order chi connectivity index (χ1) is 13.9. The van der Waals surface area contributed by atoms with Gasteiger partial charge in [-0.2, -0.15) is 0 Å². The summed E-state index contributed by atoms with van der Waals surface area (Å²) in [6.07, 6.45) is 4.02. The molecule has 2 amide bonds. The van der Waals surface area contributed by atoms with E-state index in [0.717, 1.165) is 18.4 Å². The molecule has 0 aromatic carbocycles. The summed E-state index contributed by atoms with van der Waals surface area (Å²) in [6, 6.07) is 2.91. The van der Waals surface area contributed by atoms with Crippen LogP contribution in [-0.2, 0) is 6.42 Å². The van der Waals surface area contributed by atoms with Gasteiger partial charge >= 0.3 is 6.03 Å². The van der Waals surface area contributed by atoms with Gasteiger partial charge < -0.3 is 9.72 Å². The lowest BCUT2D eigenvalue weighted by Gasteiger charge is -2.19. The van der Waals surface area contributed by atoms with Crippen molar-refractivity contribution in [2.45, 2.75) is 46.0 Å². The van der Waals surface area contributed by atoms with Crippen LogP contribution in [0.2, 0.25) is 0 Å². The number of urea groups is 1. The Morgan fingerprint density at radius 3 is 2.83 bits per heavy atom. The van der Waals surface area contributed by atoms with Crippen molar-refractivity contribution in [1.82, 2.24) is 14.4 Å². The molecule has 8 heteroatoms. The summed E-state index contributed by atoms with van der Waals surface area (Å²) in [4.78, 5) is 23.0.